The summed E-state index contributed by atoms with van der Waals surface area (Å²) in [5.74, 6) is -0.0859. The second kappa shape index (κ2) is 4.49. The maximum atomic E-state index is 11.3. The summed E-state index contributed by atoms with van der Waals surface area (Å²) in [4.78, 5) is 17.8. The molecule has 1 heterocycles. The molecule has 0 bridgehead atoms. The minimum atomic E-state index is -0.0961. The third-order valence-electron chi connectivity index (χ3n) is 2.82. The molecular weight excluding hydrogens is 232 g/mol. The predicted octanol–water partition coefficient (Wildman–Crippen LogP) is 2.55. The molecule has 1 saturated carbocycles. The molecule has 0 N–H and O–H groups in total. The van der Waals surface area contributed by atoms with Crippen molar-refractivity contribution in [3.63, 3.8) is 0 Å². The molecule has 2 rings (SSSR count). The molecule has 0 unspecified atom stereocenters. The summed E-state index contributed by atoms with van der Waals surface area (Å²) in [6, 6.07) is 0.607. The smallest absolute Gasteiger partial charge is 0.196 e. The molecule has 82 valence electrons. The molecule has 0 amide bonds. The number of carbonyl (C=O) groups is 1. The Bertz CT molecular complexity index is 362. The standard InChI is InChI=1S/C10H13ClN2OS/c1-13(7-3-2-4-7)10-12-8(6-15-10)9(14)5-11/h6-7H,2-5H2,1H3. The maximum absolute atomic E-state index is 11.3. The number of Topliss-reactive ketones (excluding diaryl/α,β-unsaturated/α-hetero) is 1. The van der Waals surface area contributed by atoms with Crippen LogP contribution in [0.2, 0.25) is 0 Å². The quantitative estimate of drug-likeness (QED) is 0.603. The first-order chi connectivity index (χ1) is 7.22. The van der Waals surface area contributed by atoms with Crippen molar-refractivity contribution < 1.29 is 4.79 Å². The first-order valence-electron chi connectivity index (χ1n) is 5.00. The number of aromatic nitrogens is 1. The van der Waals surface area contributed by atoms with Gasteiger partial charge in [0.05, 0.1) is 5.88 Å². The third kappa shape index (κ3) is 2.16. The van der Waals surface area contributed by atoms with Crippen molar-refractivity contribution in [2.45, 2.75) is 25.3 Å². The molecule has 0 radical (unpaired) electrons. The van der Waals surface area contributed by atoms with Gasteiger partial charge in [0, 0.05) is 18.5 Å². The van der Waals surface area contributed by atoms with E-state index in [1.54, 1.807) is 5.38 Å². The molecule has 1 aromatic heterocycles. The largest absolute Gasteiger partial charge is 0.348 e. The van der Waals surface area contributed by atoms with Crippen LogP contribution in [0.25, 0.3) is 0 Å². The Kier molecular flexibility index (Phi) is 3.26. The minimum absolute atomic E-state index is 0.0102. The first kappa shape index (κ1) is 10.9. The number of nitrogens with zero attached hydrogens (tertiary/aromatic N) is 2. The number of alkyl halides is 1. The van der Waals surface area contributed by atoms with Gasteiger partial charge in [0.2, 0.25) is 0 Å². The van der Waals surface area contributed by atoms with E-state index < -0.39 is 0 Å². The van der Waals surface area contributed by atoms with Crippen LogP contribution in [0, 0.1) is 0 Å². The minimum Gasteiger partial charge on any atom is -0.348 e. The van der Waals surface area contributed by atoms with E-state index in [0.717, 1.165) is 5.13 Å². The number of rotatable bonds is 4. The predicted molar refractivity (Wildman–Crippen MR) is 63.2 cm³/mol. The van der Waals surface area contributed by atoms with E-state index in [2.05, 4.69) is 9.88 Å². The van der Waals surface area contributed by atoms with Crippen LogP contribution in [0.3, 0.4) is 0 Å². The zero-order valence-electron chi connectivity index (χ0n) is 8.57. The second-order valence-electron chi connectivity index (χ2n) is 3.77. The fourth-order valence-corrected chi connectivity index (χ4v) is 2.56. The van der Waals surface area contributed by atoms with Crippen molar-refractivity contribution in [2.24, 2.45) is 0 Å². The van der Waals surface area contributed by atoms with Gasteiger partial charge in [0.15, 0.2) is 10.9 Å². The van der Waals surface area contributed by atoms with E-state index in [0.29, 0.717) is 11.7 Å². The zero-order valence-corrected chi connectivity index (χ0v) is 10.1. The summed E-state index contributed by atoms with van der Waals surface area (Å²) in [5, 5.41) is 2.71. The highest BCUT2D eigenvalue weighted by Crippen LogP contribution is 2.30. The number of hydrogen-bond acceptors (Lipinski definition) is 4. The van der Waals surface area contributed by atoms with Crippen LogP contribution < -0.4 is 4.90 Å². The molecule has 15 heavy (non-hydrogen) atoms. The van der Waals surface area contributed by atoms with Crippen molar-refractivity contribution in [1.82, 2.24) is 4.98 Å². The van der Waals surface area contributed by atoms with Gasteiger partial charge in [-0.15, -0.1) is 22.9 Å². The van der Waals surface area contributed by atoms with Gasteiger partial charge in [-0.05, 0) is 19.3 Å². The Labute approximate surface area is 98.1 Å². The summed E-state index contributed by atoms with van der Waals surface area (Å²) in [6.07, 6.45) is 3.76. The van der Waals surface area contributed by atoms with Crippen molar-refractivity contribution in [2.75, 3.05) is 17.8 Å². The summed E-state index contributed by atoms with van der Waals surface area (Å²) in [5.41, 5.74) is 0.496. The molecule has 1 aliphatic carbocycles. The first-order valence-corrected chi connectivity index (χ1v) is 6.41. The molecule has 3 nitrogen and oxygen atoms in total. The van der Waals surface area contributed by atoms with Crippen LogP contribution in [0.5, 0.6) is 0 Å². The van der Waals surface area contributed by atoms with E-state index >= 15 is 0 Å². The summed E-state index contributed by atoms with van der Waals surface area (Å²) < 4.78 is 0. The SMILES string of the molecule is CN(c1nc(C(=O)CCl)cs1)C1CCC1. The molecule has 5 heteroatoms. The number of halogens is 1. The molecule has 0 aliphatic heterocycles. The van der Waals surface area contributed by atoms with E-state index in [1.165, 1.54) is 30.6 Å². The van der Waals surface area contributed by atoms with Crippen LogP contribution in [0.15, 0.2) is 5.38 Å². The van der Waals surface area contributed by atoms with Crippen molar-refractivity contribution >= 4 is 33.9 Å². The van der Waals surface area contributed by atoms with Gasteiger partial charge < -0.3 is 4.90 Å². The number of anilines is 1. The van der Waals surface area contributed by atoms with Crippen LogP contribution >= 0.6 is 22.9 Å². The van der Waals surface area contributed by atoms with Gasteiger partial charge in [-0.1, -0.05) is 0 Å². The summed E-state index contributed by atoms with van der Waals surface area (Å²) in [6.45, 7) is 0. The zero-order chi connectivity index (χ0) is 10.8. The molecule has 0 saturated heterocycles. The molecule has 0 aromatic carbocycles. The van der Waals surface area contributed by atoms with E-state index in [-0.39, 0.29) is 11.7 Å². The lowest BCUT2D eigenvalue weighted by Crippen LogP contribution is -2.37. The topological polar surface area (TPSA) is 33.2 Å². The van der Waals surface area contributed by atoms with Crippen LogP contribution in [0.4, 0.5) is 5.13 Å². The number of hydrogen-bond donors (Lipinski definition) is 0. The number of carbonyl (C=O) groups excluding carboxylic acids is 1. The Morgan fingerprint density at radius 3 is 3.00 bits per heavy atom. The summed E-state index contributed by atoms with van der Waals surface area (Å²) >= 11 is 6.99. The lowest BCUT2D eigenvalue weighted by molar-refractivity contribution is 0.101. The lowest BCUT2D eigenvalue weighted by Gasteiger charge is -2.34. The fraction of sp³-hybridized carbons (Fsp3) is 0.600. The fourth-order valence-electron chi connectivity index (χ4n) is 1.55. The maximum Gasteiger partial charge on any atom is 0.196 e. The van der Waals surface area contributed by atoms with Crippen molar-refractivity contribution in [3.05, 3.63) is 11.1 Å². The highest BCUT2D eigenvalue weighted by Gasteiger charge is 2.24. The lowest BCUT2D eigenvalue weighted by atomic mass is 9.92. The molecule has 0 atom stereocenters. The molecular formula is C10H13ClN2OS. The number of thiazole rings is 1. The van der Waals surface area contributed by atoms with Crippen LogP contribution in [-0.4, -0.2) is 29.7 Å². The van der Waals surface area contributed by atoms with Gasteiger partial charge in [-0.3, -0.25) is 4.79 Å². The van der Waals surface area contributed by atoms with Gasteiger partial charge in [0.25, 0.3) is 0 Å². The average Bonchev–Trinajstić information content (AvgIpc) is 2.62. The third-order valence-corrected chi connectivity index (χ3v) is 4.00. The Morgan fingerprint density at radius 1 is 1.73 bits per heavy atom. The number of ketones is 1. The highest BCUT2D eigenvalue weighted by atomic mass is 35.5. The molecule has 0 spiro atoms. The average molecular weight is 245 g/mol. The van der Waals surface area contributed by atoms with E-state index in [9.17, 15) is 4.79 Å². The molecule has 1 fully saturated rings. The van der Waals surface area contributed by atoms with E-state index in [1.807, 2.05) is 7.05 Å². The Balaban J connectivity index is 2.08. The Morgan fingerprint density at radius 2 is 2.47 bits per heavy atom. The monoisotopic (exact) mass is 244 g/mol. The van der Waals surface area contributed by atoms with Gasteiger partial charge in [0.1, 0.15) is 5.69 Å². The normalized spacial score (nSPS) is 16.1. The van der Waals surface area contributed by atoms with Gasteiger partial charge >= 0.3 is 0 Å². The Hall–Kier alpha value is -0.610. The highest BCUT2D eigenvalue weighted by molar-refractivity contribution is 7.14. The van der Waals surface area contributed by atoms with Crippen LogP contribution in [-0.2, 0) is 0 Å². The second-order valence-corrected chi connectivity index (χ2v) is 4.87. The molecule has 1 aliphatic rings. The van der Waals surface area contributed by atoms with E-state index in [4.69, 9.17) is 11.6 Å². The van der Waals surface area contributed by atoms with Gasteiger partial charge in [-0.25, -0.2) is 4.98 Å². The summed E-state index contributed by atoms with van der Waals surface area (Å²) in [7, 11) is 2.04. The van der Waals surface area contributed by atoms with Crippen molar-refractivity contribution in [1.29, 1.82) is 0 Å². The van der Waals surface area contributed by atoms with Gasteiger partial charge in [-0.2, -0.15) is 0 Å². The van der Waals surface area contributed by atoms with Crippen molar-refractivity contribution in [3.8, 4) is 0 Å². The van der Waals surface area contributed by atoms with Crippen LogP contribution in [0.1, 0.15) is 29.8 Å². The molecule has 1 aromatic rings.